The summed E-state index contributed by atoms with van der Waals surface area (Å²) < 4.78 is 0.998. The van der Waals surface area contributed by atoms with Crippen molar-refractivity contribution in [2.75, 3.05) is 12.4 Å². The molecule has 0 aliphatic rings. The Morgan fingerprint density at radius 2 is 1.95 bits per heavy atom. The van der Waals surface area contributed by atoms with Crippen LogP contribution in [0.3, 0.4) is 0 Å². The smallest absolute Gasteiger partial charge is 0.253 e. The average molecular weight is 333 g/mol. The molecule has 0 heterocycles. The molecule has 104 valence electrons. The highest BCUT2D eigenvalue weighted by atomic mass is 79.9. The van der Waals surface area contributed by atoms with Crippen LogP contribution in [0.2, 0.25) is 0 Å². The van der Waals surface area contributed by atoms with E-state index in [2.05, 4.69) is 26.6 Å². The number of nitrogens with one attached hydrogen (secondary N) is 2. The molecule has 0 aliphatic carbocycles. The second kappa shape index (κ2) is 6.57. The van der Waals surface area contributed by atoms with E-state index in [-0.39, 0.29) is 5.91 Å². The standard InChI is InChI=1S/C16H17BrN2O/c1-11-7-8-13(15(9-11)18-2)16(20)19-10-12-5-3-4-6-14(12)17/h3-9,18H,10H2,1-2H3,(H,19,20). The SMILES string of the molecule is CNc1cc(C)ccc1C(=O)NCc1ccccc1Br. The summed E-state index contributed by atoms with van der Waals surface area (Å²) in [5.74, 6) is -0.0786. The lowest BCUT2D eigenvalue weighted by molar-refractivity contribution is 0.0951. The fraction of sp³-hybridized carbons (Fsp3) is 0.188. The summed E-state index contributed by atoms with van der Waals surface area (Å²) in [4.78, 5) is 12.3. The molecule has 1 amide bonds. The Morgan fingerprint density at radius 1 is 1.20 bits per heavy atom. The third-order valence-corrected chi connectivity index (χ3v) is 3.86. The minimum absolute atomic E-state index is 0.0786. The predicted octanol–water partition coefficient (Wildman–Crippen LogP) is 3.73. The summed E-state index contributed by atoms with van der Waals surface area (Å²) in [6.07, 6.45) is 0. The summed E-state index contributed by atoms with van der Waals surface area (Å²) in [6.45, 7) is 2.50. The van der Waals surface area contributed by atoms with Crippen LogP contribution in [0.15, 0.2) is 46.9 Å². The van der Waals surface area contributed by atoms with E-state index in [0.29, 0.717) is 12.1 Å². The first-order valence-electron chi connectivity index (χ1n) is 6.42. The zero-order chi connectivity index (χ0) is 14.5. The Kier molecular flexibility index (Phi) is 4.79. The van der Waals surface area contributed by atoms with Crippen molar-refractivity contribution in [3.05, 3.63) is 63.6 Å². The summed E-state index contributed by atoms with van der Waals surface area (Å²) in [6, 6.07) is 13.6. The average Bonchev–Trinajstić information content (AvgIpc) is 2.46. The number of amides is 1. The highest BCUT2D eigenvalue weighted by Crippen LogP contribution is 2.18. The van der Waals surface area contributed by atoms with E-state index in [1.807, 2.05) is 56.4 Å². The van der Waals surface area contributed by atoms with Crippen molar-refractivity contribution < 1.29 is 4.79 Å². The second-order valence-corrected chi connectivity index (χ2v) is 5.43. The van der Waals surface area contributed by atoms with Crippen LogP contribution >= 0.6 is 15.9 Å². The van der Waals surface area contributed by atoms with Gasteiger partial charge in [-0.15, -0.1) is 0 Å². The van der Waals surface area contributed by atoms with Crippen LogP contribution in [-0.4, -0.2) is 13.0 Å². The molecular weight excluding hydrogens is 316 g/mol. The van der Waals surface area contributed by atoms with Gasteiger partial charge in [-0.1, -0.05) is 40.2 Å². The van der Waals surface area contributed by atoms with E-state index in [9.17, 15) is 4.79 Å². The molecule has 2 rings (SSSR count). The molecule has 4 heteroatoms. The maximum absolute atomic E-state index is 12.3. The van der Waals surface area contributed by atoms with Gasteiger partial charge in [0.2, 0.25) is 0 Å². The molecule has 2 aromatic rings. The molecule has 0 bridgehead atoms. The van der Waals surface area contributed by atoms with Gasteiger partial charge < -0.3 is 10.6 Å². The molecular formula is C16H17BrN2O. The zero-order valence-electron chi connectivity index (χ0n) is 11.5. The summed E-state index contributed by atoms with van der Waals surface area (Å²) in [5, 5.41) is 6.00. The van der Waals surface area contributed by atoms with E-state index in [4.69, 9.17) is 0 Å². The van der Waals surface area contributed by atoms with E-state index in [1.54, 1.807) is 0 Å². The van der Waals surface area contributed by atoms with Gasteiger partial charge in [0.15, 0.2) is 0 Å². The van der Waals surface area contributed by atoms with Crippen LogP contribution in [-0.2, 0) is 6.54 Å². The van der Waals surface area contributed by atoms with Gasteiger partial charge in [0, 0.05) is 23.8 Å². The monoisotopic (exact) mass is 332 g/mol. The Hall–Kier alpha value is -1.81. The molecule has 0 aliphatic heterocycles. The fourth-order valence-electron chi connectivity index (χ4n) is 1.98. The first-order valence-corrected chi connectivity index (χ1v) is 7.21. The predicted molar refractivity (Wildman–Crippen MR) is 86.0 cm³/mol. The Labute approximate surface area is 127 Å². The Balaban J connectivity index is 2.11. The number of carbonyl (C=O) groups is 1. The van der Waals surface area contributed by atoms with Gasteiger partial charge in [-0.25, -0.2) is 0 Å². The van der Waals surface area contributed by atoms with Crippen molar-refractivity contribution in [2.24, 2.45) is 0 Å². The first kappa shape index (κ1) is 14.6. The number of rotatable bonds is 4. The molecule has 2 N–H and O–H groups in total. The van der Waals surface area contributed by atoms with Crippen molar-refractivity contribution in [3.63, 3.8) is 0 Å². The van der Waals surface area contributed by atoms with Gasteiger partial charge >= 0.3 is 0 Å². The van der Waals surface area contributed by atoms with Crippen molar-refractivity contribution in [2.45, 2.75) is 13.5 Å². The number of anilines is 1. The molecule has 2 aromatic carbocycles. The molecule has 0 saturated heterocycles. The molecule has 0 spiro atoms. The third kappa shape index (κ3) is 3.39. The summed E-state index contributed by atoms with van der Waals surface area (Å²) in [7, 11) is 1.82. The lowest BCUT2D eigenvalue weighted by Gasteiger charge is -2.11. The van der Waals surface area contributed by atoms with Gasteiger partial charge in [-0.3, -0.25) is 4.79 Å². The Morgan fingerprint density at radius 3 is 2.65 bits per heavy atom. The van der Waals surface area contributed by atoms with Crippen LogP contribution in [0.5, 0.6) is 0 Å². The minimum Gasteiger partial charge on any atom is -0.387 e. The third-order valence-electron chi connectivity index (χ3n) is 3.09. The fourth-order valence-corrected chi connectivity index (χ4v) is 2.40. The van der Waals surface area contributed by atoms with E-state index in [0.717, 1.165) is 21.3 Å². The molecule has 20 heavy (non-hydrogen) atoms. The zero-order valence-corrected chi connectivity index (χ0v) is 13.1. The van der Waals surface area contributed by atoms with Crippen LogP contribution < -0.4 is 10.6 Å². The molecule has 0 aromatic heterocycles. The minimum atomic E-state index is -0.0786. The molecule has 0 fully saturated rings. The van der Waals surface area contributed by atoms with Gasteiger partial charge in [-0.2, -0.15) is 0 Å². The van der Waals surface area contributed by atoms with E-state index < -0.39 is 0 Å². The van der Waals surface area contributed by atoms with Gasteiger partial charge in [0.05, 0.1) is 5.56 Å². The lowest BCUT2D eigenvalue weighted by atomic mass is 10.1. The number of aryl methyl sites for hydroxylation is 1. The van der Waals surface area contributed by atoms with Crippen molar-refractivity contribution in [1.82, 2.24) is 5.32 Å². The number of hydrogen-bond donors (Lipinski definition) is 2. The van der Waals surface area contributed by atoms with E-state index in [1.165, 1.54) is 0 Å². The molecule has 0 radical (unpaired) electrons. The van der Waals surface area contributed by atoms with Crippen LogP contribution in [0.4, 0.5) is 5.69 Å². The second-order valence-electron chi connectivity index (χ2n) is 4.57. The van der Waals surface area contributed by atoms with Crippen molar-refractivity contribution in [1.29, 1.82) is 0 Å². The quantitative estimate of drug-likeness (QED) is 0.895. The van der Waals surface area contributed by atoms with Crippen molar-refractivity contribution in [3.8, 4) is 0 Å². The maximum atomic E-state index is 12.3. The molecule has 0 atom stereocenters. The topological polar surface area (TPSA) is 41.1 Å². The lowest BCUT2D eigenvalue weighted by Crippen LogP contribution is -2.24. The van der Waals surface area contributed by atoms with Gasteiger partial charge in [0.25, 0.3) is 5.91 Å². The number of halogens is 1. The number of benzene rings is 2. The Bertz CT molecular complexity index is 626. The number of hydrogen-bond acceptors (Lipinski definition) is 2. The molecule has 0 saturated carbocycles. The first-order chi connectivity index (χ1) is 9.61. The van der Waals surface area contributed by atoms with Gasteiger partial charge in [-0.05, 0) is 36.2 Å². The van der Waals surface area contributed by atoms with E-state index >= 15 is 0 Å². The summed E-state index contributed by atoms with van der Waals surface area (Å²) in [5.41, 5.74) is 3.68. The van der Waals surface area contributed by atoms with Crippen LogP contribution in [0.25, 0.3) is 0 Å². The summed E-state index contributed by atoms with van der Waals surface area (Å²) >= 11 is 3.48. The van der Waals surface area contributed by atoms with Gasteiger partial charge in [0.1, 0.15) is 0 Å². The maximum Gasteiger partial charge on any atom is 0.253 e. The van der Waals surface area contributed by atoms with Crippen LogP contribution in [0.1, 0.15) is 21.5 Å². The van der Waals surface area contributed by atoms with Crippen LogP contribution in [0, 0.1) is 6.92 Å². The normalized spacial score (nSPS) is 10.2. The molecule has 0 unspecified atom stereocenters. The number of carbonyl (C=O) groups excluding carboxylic acids is 1. The molecule has 3 nitrogen and oxygen atoms in total. The highest BCUT2D eigenvalue weighted by molar-refractivity contribution is 9.10. The highest BCUT2D eigenvalue weighted by Gasteiger charge is 2.10. The van der Waals surface area contributed by atoms with Crippen molar-refractivity contribution >= 4 is 27.5 Å². The largest absolute Gasteiger partial charge is 0.387 e.